The number of ether oxygens (including phenoxy) is 1. The fourth-order valence-electron chi connectivity index (χ4n) is 1.88. The SMILES string of the molecule is C[C@@]1(C(F)F)C[C@@H](N)c2ccc(Cl)cc2O1. The van der Waals surface area contributed by atoms with E-state index in [0.717, 1.165) is 5.56 Å². The van der Waals surface area contributed by atoms with Crippen molar-refractivity contribution in [3.05, 3.63) is 28.8 Å². The van der Waals surface area contributed by atoms with E-state index in [4.69, 9.17) is 22.1 Å². The Labute approximate surface area is 97.3 Å². The number of nitrogens with two attached hydrogens (primary N) is 1. The first-order valence-corrected chi connectivity index (χ1v) is 5.32. The van der Waals surface area contributed by atoms with Gasteiger partial charge in [-0.05, 0) is 19.1 Å². The zero-order valence-corrected chi connectivity index (χ0v) is 9.47. The fraction of sp³-hybridized carbons (Fsp3) is 0.455. The molecule has 0 spiro atoms. The number of benzene rings is 1. The molecule has 0 saturated heterocycles. The molecule has 0 radical (unpaired) electrons. The number of rotatable bonds is 1. The Morgan fingerprint density at radius 1 is 1.56 bits per heavy atom. The minimum atomic E-state index is -2.58. The lowest BCUT2D eigenvalue weighted by Gasteiger charge is -2.38. The molecule has 2 rings (SSSR count). The second-order valence-electron chi connectivity index (χ2n) is 4.21. The third-order valence-electron chi connectivity index (χ3n) is 2.81. The maximum atomic E-state index is 12.9. The minimum Gasteiger partial charge on any atom is -0.481 e. The van der Waals surface area contributed by atoms with E-state index < -0.39 is 18.1 Å². The molecule has 1 aromatic rings. The molecule has 0 fully saturated rings. The standard InChI is InChI=1S/C11H12ClF2NO/c1-11(10(13)14)5-8(15)7-3-2-6(12)4-9(7)16-11/h2-4,8,10H,5,15H2,1H3/t8-,11+/m1/s1. The molecule has 1 aliphatic heterocycles. The zero-order chi connectivity index (χ0) is 11.9. The summed E-state index contributed by atoms with van der Waals surface area (Å²) in [5, 5.41) is 0.449. The molecule has 2 nitrogen and oxygen atoms in total. The predicted octanol–water partition coefficient (Wildman–Crippen LogP) is 3.15. The van der Waals surface area contributed by atoms with Crippen molar-refractivity contribution in [1.29, 1.82) is 0 Å². The van der Waals surface area contributed by atoms with Crippen molar-refractivity contribution in [3.63, 3.8) is 0 Å². The summed E-state index contributed by atoms with van der Waals surface area (Å²) in [6, 6.07) is 4.47. The van der Waals surface area contributed by atoms with Crippen LogP contribution in [-0.4, -0.2) is 12.0 Å². The Morgan fingerprint density at radius 2 is 2.25 bits per heavy atom. The van der Waals surface area contributed by atoms with Crippen LogP contribution in [0.4, 0.5) is 8.78 Å². The maximum absolute atomic E-state index is 12.9. The molecule has 88 valence electrons. The van der Waals surface area contributed by atoms with Crippen molar-refractivity contribution in [2.45, 2.75) is 31.4 Å². The molecule has 2 N–H and O–H groups in total. The van der Waals surface area contributed by atoms with Crippen LogP contribution in [0.5, 0.6) is 5.75 Å². The summed E-state index contributed by atoms with van der Waals surface area (Å²) in [6.45, 7) is 1.36. The van der Waals surface area contributed by atoms with Gasteiger partial charge in [0.15, 0.2) is 5.60 Å². The fourth-order valence-corrected chi connectivity index (χ4v) is 2.04. The monoisotopic (exact) mass is 247 g/mol. The molecule has 1 aliphatic rings. The van der Waals surface area contributed by atoms with Gasteiger partial charge >= 0.3 is 0 Å². The number of alkyl halides is 2. The van der Waals surface area contributed by atoms with E-state index in [1.165, 1.54) is 13.0 Å². The van der Waals surface area contributed by atoms with Crippen LogP contribution in [0.2, 0.25) is 5.02 Å². The van der Waals surface area contributed by atoms with E-state index in [1.54, 1.807) is 12.1 Å². The van der Waals surface area contributed by atoms with E-state index in [1.807, 2.05) is 0 Å². The van der Waals surface area contributed by atoms with Gasteiger partial charge in [-0.3, -0.25) is 0 Å². The van der Waals surface area contributed by atoms with Gasteiger partial charge in [0.2, 0.25) is 0 Å². The number of fused-ring (bicyclic) bond motifs is 1. The first kappa shape index (κ1) is 11.6. The topological polar surface area (TPSA) is 35.2 Å². The van der Waals surface area contributed by atoms with Crippen molar-refractivity contribution in [2.75, 3.05) is 0 Å². The summed E-state index contributed by atoms with van der Waals surface area (Å²) in [7, 11) is 0. The first-order chi connectivity index (χ1) is 7.42. The van der Waals surface area contributed by atoms with Gasteiger partial charge in [-0.25, -0.2) is 8.78 Å². The van der Waals surface area contributed by atoms with Crippen LogP contribution >= 0.6 is 11.6 Å². The van der Waals surface area contributed by atoms with Crippen molar-refractivity contribution in [2.24, 2.45) is 5.73 Å². The summed E-state index contributed by atoms with van der Waals surface area (Å²) in [5.74, 6) is 0.356. The quantitative estimate of drug-likeness (QED) is 0.827. The molecule has 0 saturated carbocycles. The average molecular weight is 248 g/mol. The van der Waals surface area contributed by atoms with Crippen LogP contribution in [0, 0.1) is 0 Å². The Hall–Kier alpha value is -0.870. The highest BCUT2D eigenvalue weighted by atomic mass is 35.5. The van der Waals surface area contributed by atoms with Crippen LogP contribution < -0.4 is 10.5 Å². The van der Waals surface area contributed by atoms with E-state index in [9.17, 15) is 8.78 Å². The minimum absolute atomic E-state index is 0.0965. The molecule has 5 heteroatoms. The predicted molar refractivity (Wildman–Crippen MR) is 58.0 cm³/mol. The number of hydrogen-bond donors (Lipinski definition) is 1. The highest BCUT2D eigenvalue weighted by Gasteiger charge is 2.43. The smallest absolute Gasteiger partial charge is 0.277 e. The molecule has 0 bridgehead atoms. The lowest BCUT2D eigenvalue weighted by molar-refractivity contribution is -0.0808. The maximum Gasteiger partial charge on any atom is 0.277 e. The van der Waals surface area contributed by atoms with Gasteiger partial charge in [-0.15, -0.1) is 0 Å². The summed E-state index contributed by atoms with van der Waals surface area (Å²) in [5.41, 5.74) is 5.05. The van der Waals surface area contributed by atoms with Crippen LogP contribution in [-0.2, 0) is 0 Å². The van der Waals surface area contributed by atoms with Crippen molar-refractivity contribution in [1.82, 2.24) is 0 Å². The third-order valence-corrected chi connectivity index (χ3v) is 3.04. The molecule has 0 aromatic heterocycles. The molecule has 0 unspecified atom stereocenters. The largest absolute Gasteiger partial charge is 0.481 e. The van der Waals surface area contributed by atoms with Crippen molar-refractivity contribution in [3.8, 4) is 5.75 Å². The Balaban J connectivity index is 2.42. The molecule has 16 heavy (non-hydrogen) atoms. The highest BCUT2D eigenvalue weighted by molar-refractivity contribution is 6.30. The molecule has 0 aliphatic carbocycles. The van der Waals surface area contributed by atoms with E-state index in [0.29, 0.717) is 10.8 Å². The lowest BCUT2D eigenvalue weighted by Crippen LogP contribution is -2.46. The van der Waals surface area contributed by atoms with Crippen molar-refractivity contribution >= 4 is 11.6 Å². The number of halogens is 3. The summed E-state index contributed by atoms with van der Waals surface area (Å²) in [4.78, 5) is 0. The first-order valence-electron chi connectivity index (χ1n) is 4.94. The molecule has 1 aromatic carbocycles. The molecule has 0 amide bonds. The third kappa shape index (κ3) is 1.87. The van der Waals surface area contributed by atoms with Crippen LogP contribution in [0.15, 0.2) is 18.2 Å². The zero-order valence-electron chi connectivity index (χ0n) is 8.71. The van der Waals surface area contributed by atoms with Gasteiger partial charge in [0.1, 0.15) is 5.75 Å². The Kier molecular flexibility index (Phi) is 2.80. The van der Waals surface area contributed by atoms with Crippen LogP contribution in [0.1, 0.15) is 24.9 Å². The van der Waals surface area contributed by atoms with Gasteiger partial charge in [-0.2, -0.15) is 0 Å². The summed E-state index contributed by atoms with van der Waals surface area (Å²) >= 11 is 5.79. The van der Waals surface area contributed by atoms with Crippen molar-refractivity contribution < 1.29 is 13.5 Å². The summed E-state index contributed by atoms with van der Waals surface area (Å²) < 4.78 is 31.0. The molecular formula is C11H12ClF2NO. The van der Waals surface area contributed by atoms with E-state index in [-0.39, 0.29) is 6.42 Å². The highest BCUT2D eigenvalue weighted by Crippen LogP contribution is 2.41. The van der Waals surface area contributed by atoms with Gasteiger partial charge < -0.3 is 10.5 Å². The second kappa shape index (κ2) is 3.86. The Morgan fingerprint density at radius 3 is 2.88 bits per heavy atom. The van der Waals surface area contributed by atoms with E-state index in [2.05, 4.69) is 0 Å². The van der Waals surface area contributed by atoms with Gasteiger partial charge in [0, 0.05) is 23.0 Å². The molecule has 1 heterocycles. The lowest BCUT2D eigenvalue weighted by atomic mass is 9.89. The second-order valence-corrected chi connectivity index (χ2v) is 4.64. The van der Waals surface area contributed by atoms with E-state index >= 15 is 0 Å². The average Bonchev–Trinajstić information content (AvgIpc) is 2.16. The Bertz CT molecular complexity index is 413. The summed E-state index contributed by atoms with van der Waals surface area (Å²) in [6.07, 6.45) is -2.48. The van der Waals surface area contributed by atoms with Crippen LogP contribution in [0.3, 0.4) is 0 Å². The van der Waals surface area contributed by atoms with Crippen LogP contribution in [0.25, 0.3) is 0 Å². The normalized spacial score (nSPS) is 28.8. The molecule has 2 atom stereocenters. The number of hydrogen-bond acceptors (Lipinski definition) is 2. The molecular weight excluding hydrogens is 236 g/mol. The van der Waals surface area contributed by atoms with Gasteiger partial charge in [0.25, 0.3) is 6.43 Å². The van der Waals surface area contributed by atoms with Gasteiger partial charge in [-0.1, -0.05) is 17.7 Å². The van der Waals surface area contributed by atoms with Gasteiger partial charge in [0.05, 0.1) is 0 Å².